The third kappa shape index (κ3) is 2.78. The zero-order valence-corrected chi connectivity index (χ0v) is 11.4. The van der Waals surface area contributed by atoms with Crippen LogP contribution >= 0.6 is 0 Å². The van der Waals surface area contributed by atoms with Crippen molar-refractivity contribution >= 4 is 5.69 Å². The second-order valence-corrected chi connectivity index (χ2v) is 5.21. The number of nitrogens with zero attached hydrogens (tertiary/aromatic N) is 1. The van der Waals surface area contributed by atoms with E-state index in [1.807, 2.05) is 6.20 Å². The molecule has 3 rings (SSSR count). The van der Waals surface area contributed by atoms with Gasteiger partial charge in [-0.25, -0.2) is 0 Å². The van der Waals surface area contributed by atoms with Crippen molar-refractivity contribution in [3.8, 4) is 0 Å². The van der Waals surface area contributed by atoms with E-state index in [4.69, 9.17) is 0 Å². The lowest BCUT2D eigenvalue weighted by Crippen LogP contribution is -2.11. The first kappa shape index (κ1) is 12.2. The van der Waals surface area contributed by atoms with E-state index in [2.05, 4.69) is 47.6 Å². The fourth-order valence-corrected chi connectivity index (χ4v) is 2.62. The lowest BCUT2D eigenvalue weighted by molar-refractivity contribution is 0.828. The standard InChI is InChI=1S/C17H20N2/c1-2-13-5-7-16(19-12-13)11-14-6-8-17-15(10-14)4-3-9-18-17/h5-8,10,12,18H,2-4,9,11H2,1H3. The van der Waals surface area contributed by atoms with E-state index in [9.17, 15) is 0 Å². The first-order valence-corrected chi connectivity index (χ1v) is 7.14. The molecule has 0 saturated heterocycles. The van der Waals surface area contributed by atoms with Crippen molar-refractivity contribution in [2.75, 3.05) is 11.9 Å². The molecule has 1 aliphatic heterocycles. The summed E-state index contributed by atoms with van der Waals surface area (Å²) in [5.74, 6) is 0. The van der Waals surface area contributed by atoms with Crippen LogP contribution < -0.4 is 5.32 Å². The molecule has 1 N–H and O–H groups in total. The summed E-state index contributed by atoms with van der Waals surface area (Å²) in [7, 11) is 0. The van der Waals surface area contributed by atoms with Crippen molar-refractivity contribution in [2.24, 2.45) is 0 Å². The van der Waals surface area contributed by atoms with Gasteiger partial charge in [0.25, 0.3) is 0 Å². The Kier molecular flexibility index (Phi) is 3.49. The predicted octanol–water partition coefficient (Wildman–Crippen LogP) is 3.59. The average molecular weight is 252 g/mol. The van der Waals surface area contributed by atoms with Gasteiger partial charge in [-0.05, 0) is 48.1 Å². The Morgan fingerprint density at radius 3 is 2.84 bits per heavy atom. The fraction of sp³-hybridized carbons (Fsp3) is 0.353. The summed E-state index contributed by atoms with van der Waals surface area (Å²) in [5, 5.41) is 3.45. The number of hydrogen-bond acceptors (Lipinski definition) is 2. The zero-order valence-electron chi connectivity index (χ0n) is 11.4. The second kappa shape index (κ2) is 5.43. The summed E-state index contributed by atoms with van der Waals surface area (Å²) in [6.45, 7) is 3.26. The average Bonchev–Trinajstić information content (AvgIpc) is 2.48. The van der Waals surface area contributed by atoms with E-state index in [0.29, 0.717) is 0 Å². The summed E-state index contributed by atoms with van der Waals surface area (Å²) < 4.78 is 0. The van der Waals surface area contributed by atoms with Crippen LogP contribution in [0.5, 0.6) is 0 Å². The van der Waals surface area contributed by atoms with Crippen LogP contribution in [0.25, 0.3) is 0 Å². The molecule has 19 heavy (non-hydrogen) atoms. The third-order valence-corrected chi connectivity index (χ3v) is 3.79. The molecule has 0 bridgehead atoms. The molecule has 2 heterocycles. The summed E-state index contributed by atoms with van der Waals surface area (Å²) in [5.41, 5.74) is 6.58. The van der Waals surface area contributed by atoms with Gasteiger partial charge in [-0.3, -0.25) is 4.98 Å². The Labute approximate surface area is 114 Å². The molecule has 0 radical (unpaired) electrons. The Morgan fingerprint density at radius 1 is 1.16 bits per heavy atom. The molecule has 0 atom stereocenters. The Morgan fingerprint density at radius 2 is 2.05 bits per heavy atom. The first-order chi connectivity index (χ1) is 9.35. The third-order valence-electron chi connectivity index (χ3n) is 3.79. The number of anilines is 1. The maximum atomic E-state index is 4.54. The van der Waals surface area contributed by atoms with Gasteiger partial charge in [0.1, 0.15) is 0 Å². The number of benzene rings is 1. The van der Waals surface area contributed by atoms with Gasteiger partial charge in [-0.15, -0.1) is 0 Å². The van der Waals surface area contributed by atoms with Gasteiger partial charge in [-0.1, -0.05) is 25.1 Å². The highest BCUT2D eigenvalue weighted by molar-refractivity contribution is 5.54. The second-order valence-electron chi connectivity index (χ2n) is 5.21. The minimum Gasteiger partial charge on any atom is -0.385 e. The molecule has 0 amide bonds. The number of pyridine rings is 1. The van der Waals surface area contributed by atoms with Crippen LogP contribution in [0.1, 0.15) is 35.7 Å². The van der Waals surface area contributed by atoms with Crippen molar-refractivity contribution in [2.45, 2.75) is 32.6 Å². The molecule has 1 aromatic carbocycles. The summed E-state index contributed by atoms with van der Waals surface area (Å²) in [4.78, 5) is 4.54. The van der Waals surface area contributed by atoms with E-state index < -0.39 is 0 Å². The van der Waals surface area contributed by atoms with Crippen LogP contribution in [0.15, 0.2) is 36.5 Å². The highest BCUT2D eigenvalue weighted by Crippen LogP contribution is 2.23. The summed E-state index contributed by atoms with van der Waals surface area (Å²) >= 11 is 0. The predicted molar refractivity (Wildman–Crippen MR) is 79.7 cm³/mol. The molecule has 0 aliphatic carbocycles. The van der Waals surface area contributed by atoms with E-state index in [-0.39, 0.29) is 0 Å². The highest BCUT2D eigenvalue weighted by atomic mass is 14.9. The molecule has 2 nitrogen and oxygen atoms in total. The number of aryl methyl sites for hydroxylation is 2. The zero-order chi connectivity index (χ0) is 13.1. The van der Waals surface area contributed by atoms with Gasteiger partial charge in [0.05, 0.1) is 0 Å². The van der Waals surface area contributed by atoms with Gasteiger partial charge < -0.3 is 5.32 Å². The van der Waals surface area contributed by atoms with Gasteiger partial charge in [0.15, 0.2) is 0 Å². The molecular formula is C17H20N2. The van der Waals surface area contributed by atoms with Crippen molar-refractivity contribution in [1.82, 2.24) is 4.98 Å². The summed E-state index contributed by atoms with van der Waals surface area (Å²) in [6, 6.07) is 11.1. The number of hydrogen-bond donors (Lipinski definition) is 1. The highest BCUT2D eigenvalue weighted by Gasteiger charge is 2.09. The molecule has 0 saturated carbocycles. The van der Waals surface area contributed by atoms with E-state index in [0.717, 1.165) is 25.1 Å². The monoisotopic (exact) mass is 252 g/mol. The molecule has 98 valence electrons. The molecule has 0 fully saturated rings. The maximum Gasteiger partial charge on any atom is 0.0447 e. The Balaban J connectivity index is 1.78. The SMILES string of the molecule is CCc1ccc(Cc2ccc3c(c2)CCCN3)nc1. The minimum absolute atomic E-state index is 0.928. The minimum atomic E-state index is 0.928. The first-order valence-electron chi connectivity index (χ1n) is 7.14. The molecule has 0 unspecified atom stereocenters. The van der Waals surface area contributed by atoms with Crippen LogP contribution in [0.4, 0.5) is 5.69 Å². The van der Waals surface area contributed by atoms with Crippen LogP contribution in [0, 0.1) is 0 Å². The quantitative estimate of drug-likeness (QED) is 0.903. The lowest BCUT2D eigenvalue weighted by Gasteiger charge is -2.18. The van der Waals surface area contributed by atoms with Gasteiger partial charge >= 0.3 is 0 Å². The van der Waals surface area contributed by atoms with Crippen LogP contribution in [0.3, 0.4) is 0 Å². The maximum absolute atomic E-state index is 4.54. The number of rotatable bonds is 3. The number of fused-ring (bicyclic) bond motifs is 1. The fourth-order valence-electron chi connectivity index (χ4n) is 2.62. The molecule has 1 aromatic heterocycles. The Hall–Kier alpha value is -1.83. The van der Waals surface area contributed by atoms with Crippen LogP contribution in [-0.2, 0) is 19.3 Å². The number of aromatic nitrogens is 1. The van der Waals surface area contributed by atoms with Crippen molar-refractivity contribution in [3.05, 3.63) is 58.9 Å². The Bertz CT molecular complexity index is 558. The van der Waals surface area contributed by atoms with E-state index in [1.54, 1.807) is 0 Å². The topological polar surface area (TPSA) is 24.9 Å². The molecule has 1 aliphatic rings. The van der Waals surface area contributed by atoms with Gasteiger partial charge in [0.2, 0.25) is 0 Å². The largest absolute Gasteiger partial charge is 0.385 e. The molecule has 2 aromatic rings. The normalized spacial score (nSPS) is 13.7. The van der Waals surface area contributed by atoms with E-state index in [1.165, 1.54) is 35.2 Å². The number of nitrogens with one attached hydrogen (secondary N) is 1. The summed E-state index contributed by atoms with van der Waals surface area (Å²) in [6.07, 6.45) is 6.41. The van der Waals surface area contributed by atoms with Crippen molar-refractivity contribution in [3.63, 3.8) is 0 Å². The van der Waals surface area contributed by atoms with Crippen molar-refractivity contribution < 1.29 is 0 Å². The molecular weight excluding hydrogens is 232 g/mol. The molecule has 2 heteroatoms. The van der Waals surface area contributed by atoms with Gasteiger partial charge in [0, 0.05) is 30.5 Å². The van der Waals surface area contributed by atoms with Crippen LogP contribution in [-0.4, -0.2) is 11.5 Å². The smallest absolute Gasteiger partial charge is 0.0447 e. The van der Waals surface area contributed by atoms with E-state index >= 15 is 0 Å². The van der Waals surface area contributed by atoms with Crippen LogP contribution in [0.2, 0.25) is 0 Å². The van der Waals surface area contributed by atoms with Gasteiger partial charge in [-0.2, -0.15) is 0 Å². The van der Waals surface area contributed by atoms with Crippen molar-refractivity contribution in [1.29, 1.82) is 0 Å². The molecule has 0 spiro atoms. The lowest BCUT2D eigenvalue weighted by atomic mass is 9.98.